The molecule has 0 aromatic heterocycles. The van der Waals surface area contributed by atoms with Gasteiger partial charge in [-0.3, -0.25) is 13.8 Å². The fourth-order valence-electron chi connectivity index (χ4n) is 1.18. The van der Waals surface area contributed by atoms with Crippen molar-refractivity contribution in [1.82, 2.24) is 5.32 Å². The lowest BCUT2D eigenvalue weighted by Gasteiger charge is -2.16. The molecule has 0 fully saturated rings. The first kappa shape index (κ1) is 16.1. The van der Waals surface area contributed by atoms with Gasteiger partial charge < -0.3 is 10.1 Å². The van der Waals surface area contributed by atoms with Crippen LogP contribution >= 0.6 is 0 Å². The number of hydrogen-bond donors (Lipinski definition) is 1. The van der Waals surface area contributed by atoms with Gasteiger partial charge in [0, 0.05) is 22.6 Å². The molecule has 0 rings (SSSR count). The van der Waals surface area contributed by atoms with Crippen molar-refractivity contribution in [2.45, 2.75) is 39.0 Å². The van der Waals surface area contributed by atoms with Crippen LogP contribution in [-0.2, 0) is 25.1 Å². The summed E-state index contributed by atoms with van der Waals surface area (Å²) in [5.74, 6) is -0.986. The van der Waals surface area contributed by atoms with Crippen LogP contribution in [0.15, 0.2) is 0 Å². The third kappa shape index (κ3) is 5.81. The minimum absolute atomic E-state index is 0.0139. The number of carbonyl (C=O) groups excluding carboxylic acids is 2. The molecule has 0 saturated heterocycles. The van der Waals surface area contributed by atoms with E-state index < -0.39 is 27.9 Å². The summed E-state index contributed by atoms with van der Waals surface area (Å²) in [6, 6.07) is 0.0139. The first-order valence-electron chi connectivity index (χ1n) is 5.55. The molecule has 0 aromatic carbocycles. The predicted octanol–water partition coefficient (Wildman–Crippen LogP) is 0.457. The molecule has 17 heavy (non-hydrogen) atoms. The van der Waals surface area contributed by atoms with Crippen molar-refractivity contribution in [1.29, 1.82) is 0 Å². The Morgan fingerprint density at radius 1 is 1.24 bits per heavy atom. The lowest BCUT2D eigenvalue weighted by Crippen LogP contribution is -2.40. The topological polar surface area (TPSA) is 72.5 Å². The zero-order valence-electron chi connectivity index (χ0n) is 11.0. The number of amides is 1. The van der Waals surface area contributed by atoms with Crippen LogP contribution in [0.4, 0.5) is 0 Å². The second kappa shape index (κ2) is 7.42. The highest BCUT2D eigenvalue weighted by molar-refractivity contribution is 7.86. The maximum atomic E-state index is 11.8. The molecule has 0 aliphatic carbocycles. The van der Waals surface area contributed by atoms with Crippen molar-refractivity contribution in [2.24, 2.45) is 5.92 Å². The van der Waals surface area contributed by atoms with Gasteiger partial charge in [-0.1, -0.05) is 6.92 Å². The van der Waals surface area contributed by atoms with E-state index in [-0.39, 0.29) is 17.7 Å². The second-order valence-corrected chi connectivity index (χ2v) is 6.08. The van der Waals surface area contributed by atoms with Gasteiger partial charge in [-0.05, 0) is 20.8 Å². The molecule has 0 aromatic rings. The molecule has 0 radical (unpaired) electrons. The van der Waals surface area contributed by atoms with E-state index in [1.54, 1.807) is 13.8 Å². The molecule has 100 valence electrons. The highest BCUT2D eigenvalue weighted by Crippen LogP contribution is 2.06. The number of ether oxygens (including phenoxy) is 1. The fraction of sp³-hybridized carbons (Fsp3) is 0.818. The Bertz CT molecular complexity index is 304. The van der Waals surface area contributed by atoms with Crippen LogP contribution in [0.25, 0.3) is 0 Å². The summed E-state index contributed by atoms with van der Waals surface area (Å²) in [7, 11) is -0.0881. The number of methoxy groups -OCH3 is 1. The highest BCUT2D eigenvalue weighted by atomic mass is 32.2. The normalized spacial score (nSPS) is 16.1. The largest absolute Gasteiger partial charge is 0.469 e. The summed E-state index contributed by atoms with van der Waals surface area (Å²) in [6.07, 6.45) is 0. The van der Waals surface area contributed by atoms with E-state index in [9.17, 15) is 13.8 Å². The van der Waals surface area contributed by atoms with Crippen LogP contribution in [0, 0.1) is 5.92 Å². The standard InChI is InChI=1S/C11H21NO4S/c1-7(2)12-10(13)9(4)17(15)6-8(3)11(14)16-5/h7-9H,6H2,1-5H3,(H,12,13). The van der Waals surface area contributed by atoms with Gasteiger partial charge in [-0.15, -0.1) is 0 Å². The molecular weight excluding hydrogens is 242 g/mol. The van der Waals surface area contributed by atoms with E-state index in [2.05, 4.69) is 10.1 Å². The lowest BCUT2D eigenvalue weighted by molar-refractivity contribution is -0.144. The van der Waals surface area contributed by atoms with Gasteiger partial charge in [-0.2, -0.15) is 0 Å². The highest BCUT2D eigenvalue weighted by Gasteiger charge is 2.24. The minimum Gasteiger partial charge on any atom is -0.469 e. The Labute approximate surface area is 105 Å². The average molecular weight is 263 g/mol. The summed E-state index contributed by atoms with van der Waals surface area (Å²) in [5, 5.41) is 2.07. The van der Waals surface area contributed by atoms with E-state index in [0.717, 1.165) is 0 Å². The smallest absolute Gasteiger partial charge is 0.309 e. The van der Waals surface area contributed by atoms with Gasteiger partial charge in [0.05, 0.1) is 13.0 Å². The Kier molecular flexibility index (Phi) is 7.03. The van der Waals surface area contributed by atoms with Crippen molar-refractivity contribution < 1.29 is 18.5 Å². The van der Waals surface area contributed by atoms with Crippen LogP contribution in [-0.4, -0.2) is 40.2 Å². The average Bonchev–Trinajstić information content (AvgIpc) is 2.25. The SMILES string of the molecule is COC(=O)C(C)CS(=O)C(C)C(=O)NC(C)C. The first-order valence-corrected chi connectivity index (χ1v) is 6.93. The fourth-order valence-corrected chi connectivity index (χ4v) is 2.41. The molecule has 0 spiro atoms. The molecule has 3 unspecified atom stereocenters. The molecule has 0 aliphatic heterocycles. The molecule has 1 N–H and O–H groups in total. The Hall–Kier alpha value is -0.910. The van der Waals surface area contributed by atoms with Crippen molar-refractivity contribution in [3.05, 3.63) is 0 Å². The van der Waals surface area contributed by atoms with Crippen LogP contribution in [0.3, 0.4) is 0 Å². The van der Waals surface area contributed by atoms with Crippen molar-refractivity contribution in [3.8, 4) is 0 Å². The summed E-state index contributed by atoms with van der Waals surface area (Å²) in [4.78, 5) is 22.8. The van der Waals surface area contributed by atoms with E-state index in [0.29, 0.717) is 0 Å². The van der Waals surface area contributed by atoms with Crippen molar-refractivity contribution in [3.63, 3.8) is 0 Å². The molecule has 1 amide bonds. The quantitative estimate of drug-likeness (QED) is 0.707. The molecule has 0 saturated carbocycles. The minimum atomic E-state index is -1.38. The maximum Gasteiger partial charge on any atom is 0.309 e. The Balaban J connectivity index is 4.31. The van der Waals surface area contributed by atoms with E-state index >= 15 is 0 Å². The van der Waals surface area contributed by atoms with Crippen molar-refractivity contribution in [2.75, 3.05) is 12.9 Å². The number of nitrogens with one attached hydrogen (secondary N) is 1. The van der Waals surface area contributed by atoms with E-state index in [1.165, 1.54) is 7.11 Å². The molecule has 6 heteroatoms. The molecular formula is C11H21NO4S. The van der Waals surface area contributed by atoms with Crippen LogP contribution in [0.2, 0.25) is 0 Å². The molecule has 3 atom stereocenters. The molecule has 0 aliphatic rings. The maximum absolute atomic E-state index is 11.8. The Morgan fingerprint density at radius 3 is 2.18 bits per heavy atom. The van der Waals surface area contributed by atoms with E-state index in [1.807, 2.05) is 13.8 Å². The van der Waals surface area contributed by atoms with Gasteiger partial charge >= 0.3 is 5.97 Å². The Morgan fingerprint density at radius 2 is 1.76 bits per heavy atom. The van der Waals surface area contributed by atoms with Gasteiger partial charge in [0.25, 0.3) is 0 Å². The van der Waals surface area contributed by atoms with Crippen LogP contribution in [0.1, 0.15) is 27.7 Å². The van der Waals surface area contributed by atoms with Gasteiger partial charge in [0.1, 0.15) is 5.25 Å². The monoisotopic (exact) mass is 263 g/mol. The van der Waals surface area contributed by atoms with Gasteiger partial charge in [0.2, 0.25) is 5.91 Å². The van der Waals surface area contributed by atoms with Crippen LogP contribution < -0.4 is 5.32 Å². The van der Waals surface area contributed by atoms with Crippen LogP contribution in [0.5, 0.6) is 0 Å². The third-order valence-corrected chi connectivity index (χ3v) is 4.04. The zero-order chi connectivity index (χ0) is 13.6. The van der Waals surface area contributed by atoms with Gasteiger partial charge in [-0.25, -0.2) is 0 Å². The summed E-state index contributed by atoms with van der Waals surface area (Å²) in [6.45, 7) is 6.91. The first-order chi connectivity index (χ1) is 7.79. The third-order valence-electron chi connectivity index (χ3n) is 2.21. The van der Waals surface area contributed by atoms with Crippen molar-refractivity contribution >= 4 is 22.7 Å². The second-order valence-electron chi connectivity index (χ2n) is 4.28. The van der Waals surface area contributed by atoms with E-state index in [4.69, 9.17) is 0 Å². The number of hydrogen-bond acceptors (Lipinski definition) is 4. The zero-order valence-corrected chi connectivity index (χ0v) is 11.8. The molecule has 0 bridgehead atoms. The summed E-state index contributed by atoms with van der Waals surface area (Å²) < 4.78 is 16.4. The van der Waals surface area contributed by atoms with Gasteiger partial charge in [0.15, 0.2) is 0 Å². The molecule has 0 heterocycles. The summed E-state index contributed by atoms with van der Waals surface area (Å²) in [5.41, 5.74) is 0. The predicted molar refractivity (Wildman–Crippen MR) is 66.9 cm³/mol. The number of rotatable bonds is 6. The summed E-state index contributed by atoms with van der Waals surface area (Å²) >= 11 is 0. The molecule has 5 nitrogen and oxygen atoms in total. The number of esters is 1. The number of carbonyl (C=O) groups is 2. The lowest BCUT2D eigenvalue weighted by atomic mass is 10.2.